The lowest BCUT2D eigenvalue weighted by atomic mass is 10.00. The standard InChI is InChI=1S/C17H23N3O3/c1-3-11(2)14(10-21)19-16(22)9-8-15-18-13-7-5-4-6-12(13)17(23)20-15/h4-7,11,14,21H,3,8-10H2,1-2H3,(H,19,22)(H,18,20,23). The van der Waals surface area contributed by atoms with Crippen LogP contribution in [0.2, 0.25) is 0 Å². The van der Waals surface area contributed by atoms with Gasteiger partial charge in [-0.3, -0.25) is 9.59 Å². The summed E-state index contributed by atoms with van der Waals surface area (Å²) in [7, 11) is 0. The Kier molecular flexibility index (Phi) is 5.87. The maximum atomic E-state index is 12.0. The SMILES string of the molecule is CCC(C)C(CO)NC(=O)CCc1nc2ccccc2c(=O)[nH]1. The molecule has 124 valence electrons. The number of hydrogen-bond donors (Lipinski definition) is 3. The summed E-state index contributed by atoms with van der Waals surface area (Å²) in [4.78, 5) is 31.1. The lowest BCUT2D eigenvalue weighted by Gasteiger charge is -2.22. The molecule has 0 saturated carbocycles. The predicted molar refractivity (Wildman–Crippen MR) is 89.2 cm³/mol. The molecule has 2 unspecified atom stereocenters. The highest BCUT2D eigenvalue weighted by atomic mass is 16.3. The van der Waals surface area contributed by atoms with Gasteiger partial charge in [-0.05, 0) is 18.1 Å². The molecule has 0 radical (unpaired) electrons. The van der Waals surface area contributed by atoms with Crippen LogP contribution in [-0.2, 0) is 11.2 Å². The fourth-order valence-corrected chi connectivity index (χ4v) is 2.42. The normalized spacial score (nSPS) is 13.7. The van der Waals surface area contributed by atoms with Crippen molar-refractivity contribution in [1.29, 1.82) is 0 Å². The molecule has 1 aromatic carbocycles. The van der Waals surface area contributed by atoms with Crippen LogP contribution in [0.5, 0.6) is 0 Å². The molecule has 23 heavy (non-hydrogen) atoms. The van der Waals surface area contributed by atoms with Crippen LogP contribution in [0.25, 0.3) is 10.9 Å². The molecule has 0 spiro atoms. The molecule has 6 heteroatoms. The van der Waals surface area contributed by atoms with Crippen molar-refractivity contribution < 1.29 is 9.90 Å². The van der Waals surface area contributed by atoms with Crippen LogP contribution < -0.4 is 10.9 Å². The van der Waals surface area contributed by atoms with Gasteiger partial charge < -0.3 is 15.4 Å². The van der Waals surface area contributed by atoms with Crippen molar-refractivity contribution >= 4 is 16.8 Å². The number of amides is 1. The molecule has 2 atom stereocenters. The Bertz CT molecular complexity index is 726. The second kappa shape index (κ2) is 7.87. The van der Waals surface area contributed by atoms with Gasteiger partial charge in [0.15, 0.2) is 0 Å². The Morgan fingerprint density at radius 2 is 2.13 bits per heavy atom. The third-order valence-electron chi connectivity index (χ3n) is 4.12. The Balaban J connectivity index is 2.00. The number of carbonyl (C=O) groups is 1. The number of carbonyl (C=O) groups excluding carboxylic acids is 1. The van der Waals surface area contributed by atoms with Crippen LogP contribution in [0.3, 0.4) is 0 Å². The van der Waals surface area contributed by atoms with Crippen LogP contribution in [0, 0.1) is 5.92 Å². The molecule has 0 aliphatic rings. The van der Waals surface area contributed by atoms with Crippen LogP contribution in [0.4, 0.5) is 0 Å². The number of nitrogens with one attached hydrogen (secondary N) is 2. The largest absolute Gasteiger partial charge is 0.394 e. The van der Waals surface area contributed by atoms with Gasteiger partial charge in [0, 0.05) is 12.8 Å². The molecule has 2 rings (SSSR count). The van der Waals surface area contributed by atoms with Crippen molar-refractivity contribution in [2.24, 2.45) is 5.92 Å². The van der Waals surface area contributed by atoms with Gasteiger partial charge in [-0.25, -0.2) is 4.98 Å². The molecule has 1 heterocycles. The zero-order valence-electron chi connectivity index (χ0n) is 13.5. The summed E-state index contributed by atoms with van der Waals surface area (Å²) in [6, 6.07) is 6.87. The molecule has 6 nitrogen and oxygen atoms in total. The maximum absolute atomic E-state index is 12.0. The maximum Gasteiger partial charge on any atom is 0.258 e. The fraction of sp³-hybridized carbons (Fsp3) is 0.471. The van der Waals surface area contributed by atoms with E-state index >= 15 is 0 Å². The lowest BCUT2D eigenvalue weighted by molar-refractivity contribution is -0.122. The van der Waals surface area contributed by atoms with Gasteiger partial charge in [0.05, 0.1) is 23.6 Å². The number of aromatic amines is 1. The number of nitrogens with zero attached hydrogens (tertiary/aromatic N) is 1. The highest BCUT2D eigenvalue weighted by Crippen LogP contribution is 2.09. The number of rotatable bonds is 7. The van der Waals surface area contributed by atoms with Crippen molar-refractivity contribution in [3.8, 4) is 0 Å². The van der Waals surface area contributed by atoms with E-state index in [0.29, 0.717) is 23.1 Å². The summed E-state index contributed by atoms with van der Waals surface area (Å²) in [5, 5.41) is 12.7. The second-order valence-electron chi connectivity index (χ2n) is 5.77. The number of aromatic nitrogens is 2. The Morgan fingerprint density at radius 1 is 1.39 bits per heavy atom. The molecule has 0 fully saturated rings. The average Bonchev–Trinajstić information content (AvgIpc) is 2.57. The number of aliphatic hydroxyl groups excluding tert-OH is 1. The third kappa shape index (κ3) is 4.39. The van der Waals surface area contributed by atoms with Gasteiger partial charge in [-0.1, -0.05) is 32.4 Å². The number of aliphatic hydroxyl groups is 1. The molecule has 0 saturated heterocycles. The van der Waals surface area contributed by atoms with Crippen molar-refractivity contribution in [3.05, 3.63) is 40.4 Å². The molecule has 1 amide bonds. The van der Waals surface area contributed by atoms with E-state index in [4.69, 9.17) is 0 Å². The van der Waals surface area contributed by atoms with Crippen molar-refractivity contribution in [3.63, 3.8) is 0 Å². The van der Waals surface area contributed by atoms with E-state index in [-0.39, 0.29) is 36.5 Å². The quantitative estimate of drug-likeness (QED) is 0.719. The zero-order chi connectivity index (χ0) is 16.8. The number of para-hydroxylation sites is 1. The molecule has 0 aliphatic carbocycles. The Hall–Kier alpha value is -2.21. The van der Waals surface area contributed by atoms with Crippen molar-refractivity contribution in [2.45, 2.75) is 39.2 Å². The topological polar surface area (TPSA) is 95.1 Å². The molecular weight excluding hydrogens is 294 g/mol. The molecule has 3 N–H and O–H groups in total. The number of H-pyrrole nitrogens is 1. The average molecular weight is 317 g/mol. The minimum absolute atomic E-state index is 0.0776. The monoisotopic (exact) mass is 317 g/mol. The fourth-order valence-electron chi connectivity index (χ4n) is 2.42. The van der Waals surface area contributed by atoms with Crippen LogP contribution in [-0.4, -0.2) is 33.6 Å². The van der Waals surface area contributed by atoms with Crippen LogP contribution >= 0.6 is 0 Å². The smallest absolute Gasteiger partial charge is 0.258 e. The molecule has 0 bridgehead atoms. The molecule has 2 aromatic rings. The Labute approximate surface area is 135 Å². The van der Waals surface area contributed by atoms with Gasteiger partial charge in [-0.2, -0.15) is 0 Å². The van der Waals surface area contributed by atoms with E-state index in [9.17, 15) is 14.7 Å². The number of aryl methyl sites for hydroxylation is 1. The first-order valence-corrected chi connectivity index (χ1v) is 7.93. The minimum Gasteiger partial charge on any atom is -0.394 e. The van der Waals surface area contributed by atoms with Gasteiger partial charge in [0.2, 0.25) is 5.91 Å². The van der Waals surface area contributed by atoms with Gasteiger partial charge in [-0.15, -0.1) is 0 Å². The minimum atomic E-state index is -0.240. The van der Waals surface area contributed by atoms with E-state index in [1.54, 1.807) is 18.2 Å². The first-order valence-electron chi connectivity index (χ1n) is 7.93. The second-order valence-corrected chi connectivity index (χ2v) is 5.77. The van der Waals surface area contributed by atoms with E-state index in [2.05, 4.69) is 15.3 Å². The highest BCUT2D eigenvalue weighted by molar-refractivity contribution is 5.78. The summed E-state index contributed by atoms with van der Waals surface area (Å²) >= 11 is 0. The highest BCUT2D eigenvalue weighted by Gasteiger charge is 2.17. The number of hydrogen-bond acceptors (Lipinski definition) is 4. The summed E-state index contributed by atoms with van der Waals surface area (Å²) in [6.07, 6.45) is 1.45. The van der Waals surface area contributed by atoms with E-state index in [0.717, 1.165) is 6.42 Å². The molecule has 1 aromatic heterocycles. The third-order valence-corrected chi connectivity index (χ3v) is 4.12. The number of benzene rings is 1. The first kappa shape index (κ1) is 17.1. The molecular formula is C17H23N3O3. The summed E-state index contributed by atoms with van der Waals surface area (Å²) < 4.78 is 0. The van der Waals surface area contributed by atoms with Crippen LogP contribution in [0.1, 0.15) is 32.5 Å². The molecule has 0 aliphatic heterocycles. The van der Waals surface area contributed by atoms with Gasteiger partial charge in [0.25, 0.3) is 5.56 Å². The lowest BCUT2D eigenvalue weighted by Crippen LogP contribution is -2.42. The van der Waals surface area contributed by atoms with Crippen LogP contribution in [0.15, 0.2) is 29.1 Å². The first-order chi connectivity index (χ1) is 11.0. The van der Waals surface area contributed by atoms with E-state index in [1.807, 2.05) is 19.9 Å². The van der Waals surface area contributed by atoms with Crippen molar-refractivity contribution in [1.82, 2.24) is 15.3 Å². The summed E-state index contributed by atoms with van der Waals surface area (Å²) in [5.74, 6) is 0.552. The summed E-state index contributed by atoms with van der Waals surface area (Å²) in [5.41, 5.74) is 0.429. The van der Waals surface area contributed by atoms with E-state index in [1.165, 1.54) is 0 Å². The van der Waals surface area contributed by atoms with Crippen molar-refractivity contribution in [2.75, 3.05) is 6.61 Å². The predicted octanol–water partition coefficient (Wildman–Crippen LogP) is 1.38. The zero-order valence-corrected chi connectivity index (χ0v) is 13.5. The van der Waals surface area contributed by atoms with E-state index < -0.39 is 0 Å². The van der Waals surface area contributed by atoms with Gasteiger partial charge >= 0.3 is 0 Å². The van der Waals surface area contributed by atoms with Gasteiger partial charge in [0.1, 0.15) is 5.82 Å². The Morgan fingerprint density at radius 3 is 2.83 bits per heavy atom. The summed E-state index contributed by atoms with van der Waals surface area (Å²) in [6.45, 7) is 3.93. The number of fused-ring (bicyclic) bond motifs is 1.